The third kappa shape index (κ3) is 5.76. The van der Waals surface area contributed by atoms with Crippen LogP contribution in [0.2, 0.25) is 0 Å². The first kappa shape index (κ1) is 23.0. The molecule has 0 fully saturated rings. The SMILES string of the molecule is CC(C)N(C(C)C)P(#Cc1ccccc1C(F)(F)F)N(C(C)C)C(C)C. The van der Waals surface area contributed by atoms with Crippen molar-refractivity contribution < 1.29 is 13.2 Å². The third-order valence-electron chi connectivity index (χ3n) is 4.01. The Morgan fingerprint density at radius 3 is 1.50 bits per heavy atom. The predicted molar refractivity (Wildman–Crippen MR) is 106 cm³/mol. The van der Waals surface area contributed by atoms with Gasteiger partial charge >= 0.3 is 6.18 Å². The van der Waals surface area contributed by atoms with E-state index >= 15 is 0 Å². The second kappa shape index (κ2) is 9.28. The van der Waals surface area contributed by atoms with E-state index in [1.165, 1.54) is 12.1 Å². The van der Waals surface area contributed by atoms with Crippen LogP contribution in [0.25, 0.3) is 0 Å². The summed E-state index contributed by atoms with van der Waals surface area (Å²) >= 11 is 0. The van der Waals surface area contributed by atoms with Crippen molar-refractivity contribution in [2.75, 3.05) is 0 Å². The number of hydrogen-bond acceptors (Lipinski definition) is 2. The van der Waals surface area contributed by atoms with E-state index < -0.39 is 19.4 Å². The number of halogens is 3. The molecule has 6 heteroatoms. The molecule has 0 aromatic heterocycles. The van der Waals surface area contributed by atoms with Crippen molar-refractivity contribution in [3.05, 3.63) is 35.4 Å². The van der Waals surface area contributed by atoms with E-state index in [2.05, 4.69) is 70.4 Å². The van der Waals surface area contributed by atoms with E-state index in [1.54, 1.807) is 6.07 Å². The van der Waals surface area contributed by atoms with Crippen molar-refractivity contribution in [3.63, 3.8) is 0 Å². The molecule has 0 atom stereocenters. The summed E-state index contributed by atoms with van der Waals surface area (Å²) in [6.45, 7) is 16.7. The van der Waals surface area contributed by atoms with Gasteiger partial charge in [-0.2, -0.15) is 13.2 Å². The highest BCUT2D eigenvalue weighted by Gasteiger charge is 2.33. The maximum Gasteiger partial charge on any atom is 0.417 e. The first-order chi connectivity index (χ1) is 11.9. The molecule has 0 heterocycles. The molecule has 0 aliphatic heterocycles. The molecular weight excluding hydrogens is 356 g/mol. The molecule has 26 heavy (non-hydrogen) atoms. The van der Waals surface area contributed by atoms with Crippen LogP contribution in [0.15, 0.2) is 24.3 Å². The molecule has 0 saturated heterocycles. The largest absolute Gasteiger partial charge is 0.417 e. The highest BCUT2D eigenvalue weighted by molar-refractivity contribution is 7.42. The molecule has 0 bridgehead atoms. The summed E-state index contributed by atoms with van der Waals surface area (Å²) < 4.78 is 45.0. The maximum atomic E-state index is 13.5. The Morgan fingerprint density at radius 1 is 0.769 bits per heavy atom. The number of benzene rings is 1. The quantitative estimate of drug-likeness (QED) is 0.539. The molecule has 1 aromatic carbocycles. The van der Waals surface area contributed by atoms with Gasteiger partial charge in [0.25, 0.3) is 0 Å². The highest BCUT2D eigenvalue weighted by atomic mass is 31.1. The van der Waals surface area contributed by atoms with Crippen LogP contribution in [0, 0.1) is 5.63 Å². The van der Waals surface area contributed by atoms with E-state index in [1.807, 2.05) is 0 Å². The summed E-state index contributed by atoms with van der Waals surface area (Å²) in [5, 5.41) is 0. The number of rotatable bonds is 4. The van der Waals surface area contributed by atoms with Crippen LogP contribution in [0.5, 0.6) is 0 Å². The Kier molecular flexibility index (Phi) is 8.23. The Hall–Kier alpha value is -0.990. The zero-order valence-electron chi connectivity index (χ0n) is 17.1. The van der Waals surface area contributed by atoms with Crippen molar-refractivity contribution in [2.45, 2.75) is 85.7 Å². The Labute approximate surface area is 157 Å². The molecular formula is C20H32F3N2P. The van der Waals surface area contributed by atoms with Crippen LogP contribution in [-0.2, 0) is 6.18 Å². The molecule has 0 radical (unpaired) electrons. The molecule has 0 unspecified atom stereocenters. The summed E-state index contributed by atoms with van der Waals surface area (Å²) in [6, 6.07) is 6.55. The zero-order valence-corrected chi connectivity index (χ0v) is 18.0. The van der Waals surface area contributed by atoms with Crippen molar-refractivity contribution in [1.29, 1.82) is 0 Å². The minimum atomic E-state index is -4.38. The van der Waals surface area contributed by atoms with Gasteiger partial charge in [-0.15, -0.1) is 0 Å². The molecule has 0 spiro atoms. The summed E-state index contributed by atoms with van der Waals surface area (Å²) in [5.41, 5.74) is 2.80. The van der Waals surface area contributed by atoms with Crippen LogP contribution in [-0.4, -0.2) is 33.5 Å². The Morgan fingerprint density at radius 2 is 1.15 bits per heavy atom. The fourth-order valence-corrected chi connectivity index (χ4v) is 5.87. The zero-order chi connectivity index (χ0) is 20.2. The lowest BCUT2D eigenvalue weighted by Crippen LogP contribution is -2.39. The van der Waals surface area contributed by atoms with Gasteiger partial charge in [0.1, 0.15) is 0 Å². The second-order valence-electron chi connectivity index (χ2n) is 7.58. The minimum Gasteiger partial charge on any atom is -0.241 e. The summed E-state index contributed by atoms with van der Waals surface area (Å²) in [5.74, 6) is 0. The molecule has 1 aromatic rings. The number of hydrogen-bond donors (Lipinski definition) is 0. The van der Waals surface area contributed by atoms with E-state index in [-0.39, 0.29) is 29.7 Å². The van der Waals surface area contributed by atoms with Gasteiger partial charge in [-0.05, 0) is 67.5 Å². The fourth-order valence-electron chi connectivity index (χ4n) is 3.24. The average Bonchev–Trinajstić information content (AvgIpc) is 2.44. The van der Waals surface area contributed by atoms with Gasteiger partial charge in [0.05, 0.1) is 5.56 Å². The van der Waals surface area contributed by atoms with Gasteiger partial charge in [0.2, 0.25) is 0 Å². The molecule has 0 saturated carbocycles. The molecule has 148 valence electrons. The standard InChI is InChI=1S/C20H32F3N2P/c1-14(2)24(15(3)4)26(25(16(5)6)17(7)8)13-18-11-9-10-12-19(18)20(21,22)23/h9-12,14-17H,1-8H3. The normalized spacial score (nSPS) is 12.8. The second-order valence-corrected chi connectivity index (χ2v) is 9.31. The summed E-state index contributed by atoms with van der Waals surface area (Å²) in [6.07, 6.45) is -4.38. The van der Waals surface area contributed by atoms with Crippen molar-refractivity contribution in [2.24, 2.45) is 0 Å². The first-order valence-electron chi connectivity index (χ1n) is 9.17. The van der Waals surface area contributed by atoms with Gasteiger partial charge < -0.3 is 0 Å². The molecule has 1 rings (SSSR count). The fraction of sp³-hybridized carbons (Fsp3) is 0.650. The van der Waals surface area contributed by atoms with Crippen LogP contribution in [0.1, 0.15) is 66.5 Å². The third-order valence-corrected chi connectivity index (χ3v) is 7.17. The molecule has 0 aliphatic rings. The predicted octanol–water partition coefficient (Wildman–Crippen LogP) is 6.56. The van der Waals surface area contributed by atoms with E-state index in [4.69, 9.17) is 0 Å². The number of nitrogens with zero attached hydrogens (tertiary/aromatic N) is 2. The topological polar surface area (TPSA) is 6.48 Å². The van der Waals surface area contributed by atoms with Crippen molar-refractivity contribution in [3.8, 4) is 5.63 Å². The van der Waals surface area contributed by atoms with Gasteiger partial charge in [-0.25, -0.2) is 9.34 Å². The molecule has 0 N–H and O–H groups in total. The lowest BCUT2D eigenvalue weighted by atomic mass is 10.1. The first-order valence-corrected chi connectivity index (χ1v) is 10.4. The molecule has 0 amide bonds. The van der Waals surface area contributed by atoms with E-state index in [0.29, 0.717) is 0 Å². The number of alkyl halides is 3. The van der Waals surface area contributed by atoms with Gasteiger partial charge in [0.15, 0.2) is 0 Å². The van der Waals surface area contributed by atoms with Gasteiger partial charge in [0, 0.05) is 37.4 Å². The van der Waals surface area contributed by atoms with Gasteiger partial charge in [-0.3, -0.25) is 0 Å². The maximum absolute atomic E-state index is 13.5. The van der Waals surface area contributed by atoms with E-state index in [9.17, 15) is 13.2 Å². The van der Waals surface area contributed by atoms with Crippen LogP contribution in [0.4, 0.5) is 13.2 Å². The van der Waals surface area contributed by atoms with E-state index in [0.717, 1.165) is 6.07 Å². The van der Waals surface area contributed by atoms with Gasteiger partial charge in [-0.1, -0.05) is 17.8 Å². The van der Waals surface area contributed by atoms with Crippen molar-refractivity contribution >= 4 is 7.68 Å². The summed E-state index contributed by atoms with van der Waals surface area (Å²) in [4.78, 5) is 0. The lowest BCUT2D eigenvalue weighted by molar-refractivity contribution is -0.137. The van der Waals surface area contributed by atoms with Crippen LogP contribution in [0.3, 0.4) is 0 Å². The average molecular weight is 388 g/mol. The monoisotopic (exact) mass is 388 g/mol. The molecule has 2 nitrogen and oxygen atoms in total. The smallest absolute Gasteiger partial charge is 0.241 e. The molecule has 0 aliphatic carbocycles. The Balaban J connectivity index is 3.77. The lowest BCUT2D eigenvalue weighted by Gasteiger charge is -2.40. The minimum absolute atomic E-state index is 0.142. The van der Waals surface area contributed by atoms with Crippen LogP contribution < -0.4 is 0 Å². The van der Waals surface area contributed by atoms with Crippen molar-refractivity contribution in [1.82, 2.24) is 9.34 Å². The Bertz CT molecular complexity index is 627. The summed E-state index contributed by atoms with van der Waals surface area (Å²) in [7, 11) is -1.17. The highest BCUT2D eigenvalue weighted by Crippen LogP contribution is 2.41. The van der Waals surface area contributed by atoms with Crippen LogP contribution >= 0.6 is 7.68 Å².